The molecule has 2 fully saturated rings. The van der Waals surface area contributed by atoms with Gasteiger partial charge in [0, 0.05) is 19.5 Å². The summed E-state index contributed by atoms with van der Waals surface area (Å²) in [5.74, 6) is 0.256. The van der Waals surface area contributed by atoms with Gasteiger partial charge in [-0.1, -0.05) is 20.8 Å². The van der Waals surface area contributed by atoms with E-state index in [0.29, 0.717) is 38.3 Å². The zero-order chi connectivity index (χ0) is 15.6. The summed E-state index contributed by atoms with van der Waals surface area (Å²) >= 11 is 0. The van der Waals surface area contributed by atoms with E-state index in [1.54, 1.807) is 4.90 Å². The Labute approximate surface area is 125 Å². The smallest absolute Gasteiger partial charge is 0.245 e. The third-order valence-electron chi connectivity index (χ3n) is 4.11. The Morgan fingerprint density at radius 2 is 2.10 bits per heavy atom. The van der Waals surface area contributed by atoms with Crippen molar-refractivity contribution in [3.63, 3.8) is 0 Å². The third-order valence-corrected chi connectivity index (χ3v) is 4.11. The molecule has 6 heteroatoms. The first kappa shape index (κ1) is 15.8. The minimum absolute atomic E-state index is 0.0750. The standard InChI is InChI=1S/C15H25N3O3/c1-9(2)6-12-14(20)16-4-5-18(12)15(21)11-7-10(3)8-13(19)17-11/h9-12H,4-8H2,1-3H3,(H,16,20)(H,17,19)/t10-,11-,12+/m0/s1. The van der Waals surface area contributed by atoms with Crippen molar-refractivity contribution in [1.29, 1.82) is 0 Å². The lowest BCUT2D eigenvalue weighted by atomic mass is 9.92. The summed E-state index contributed by atoms with van der Waals surface area (Å²) in [4.78, 5) is 38.1. The normalized spacial score (nSPS) is 30.1. The van der Waals surface area contributed by atoms with E-state index < -0.39 is 12.1 Å². The van der Waals surface area contributed by atoms with Crippen molar-refractivity contribution in [2.75, 3.05) is 13.1 Å². The van der Waals surface area contributed by atoms with E-state index in [1.807, 2.05) is 20.8 Å². The van der Waals surface area contributed by atoms with Crippen LogP contribution in [0.1, 0.15) is 40.0 Å². The minimum Gasteiger partial charge on any atom is -0.353 e. The van der Waals surface area contributed by atoms with Gasteiger partial charge in [-0.25, -0.2) is 0 Å². The number of hydrogen-bond acceptors (Lipinski definition) is 3. The number of rotatable bonds is 3. The zero-order valence-electron chi connectivity index (χ0n) is 13.0. The van der Waals surface area contributed by atoms with Gasteiger partial charge < -0.3 is 15.5 Å². The van der Waals surface area contributed by atoms with Gasteiger partial charge in [0.1, 0.15) is 12.1 Å². The largest absolute Gasteiger partial charge is 0.353 e. The van der Waals surface area contributed by atoms with Crippen LogP contribution < -0.4 is 10.6 Å². The predicted molar refractivity (Wildman–Crippen MR) is 78.3 cm³/mol. The number of nitrogens with zero attached hydrogens (tertiary/aromatic N) is 1. The molecule has 0 bridgehead atoms. The molecule has 0 spiro atoms. The molecule has 21 heavy (non-hydrogen) atoms. The first-order valence-corrected chi connectivity index (χ1v) is 7.76. The average molecular weight is 295 g/mol. The van der Waals surface area contributed by atoms with Gasteiger partial charge in [0.15, 0.2) is 0 Å². The van der Waals surface area contributed by atoms with Crippen molar-refractivity contribution < 1.29 is 14.4 Å². The van der Waals surface area contributed by atoms with Crippen molar-refractivity contribution in [3.8, 4) is 0 Å². The summed E-state index contributed by atoms with van der Waals surface area (Å²) in [5, 5.41) is 5.59. The molecule has 2 aliphatic rings. The van der Waals surface area contributed by atoms with Crippen molar-refractivity contribution in [2.45, 2.75) is 52.1 Å². The van der Waals surface area contributed by atoms with Crippen LogP contribution in [0.5, 0.6) is 0 Å². The van der Waals surface area contributed by atoms with Gasteiger partial charge >= 0.3 is 0 Å². The van der Waals surface area contributed by atoms with Gasteiger partial charge in [-0.05, 0) is 24.7 Å². The highest BCUT2D eigenvalue weighted by Crippen LogP contribution is 2.21. The first-order valence-electron chi connectivity index (χ1n) is 7.76. The summed E-state index contributed by atoms with van der Waals surface area (Å²) in [7, 11) is 0. The van der Waals surface area contributed by atoms with Crippen molar-refractivity contribution in [2.24, 2.45) is 11.8 Å². The molecule has 0 radical (unpaired) electrons. The van der Waals surface area contributed by atoms with Crippen LogP contribution >= 0.6 is 0 Å². The van der Waals surface area contributed by atoms with Crippen molar-refractivity contribution >= 4 is 17.7 Å². The van der Waals surface area contributed by atoms with Crippen LogP contribution in [0.4, 0.5) is 0 Å². The van der Waals surface area contributed by atoms with E-state index in [9.17, 15) is 14.4 Å². The summed E-state index contributed by atoms with van der Waals surface area (Å²) < 4.78 is 0. The van der Waals surface area contributed by atoms with Crippen molar-refractivity contribution in [1.82, 2.24) is 15.5 Å². The zero-order valence-corrected chi connectivity index (χ0v) is 13.0. The Balaban J connectivity index is 2.11. The van der Waals surface area contributed by atoms with Crippen LogP contribution in [0.15, 0.2) is 0 Å². The maximum atomic E-state index is 12.7. The number of amides is 3. The van der Waals surface area contributed by atoms with Crippen LogP contribution in [0, 0.1) is 11.8 Å². The molecule has 0 aliphatic carbocycles. The molecule has 2 N–H and O–H groups in total. The third kappa shape index (κ3) is 3.74. The molecule has 118 valence electrons. The molecule has 3 atom stereocenters. The predicted octanol–water partition coefficient (Wildman–Crippen LogP) is 0.274. The topological polar surface area (TPSA) is 78.5 Å². The van der Waals surface area contributed by atoms with E-state index in [-0.39, 0.29) is 23.6 Å². The Morgan fingerprint density at radius 3 is 2.71 bits per heavy atom. The van der Waals surface area contributed by atoms with E-state index in [1.165, 1.54) is 0 Å². The van der Waals surface area contributed by atoms with Crippen LogP contribution in [-0.2, 0) is 14.4 Å². The molecule has 2 heterocycles. The molecule has 2 saturated heterocycles. The van der Waals surface area contributed by atoms with E-state index >= 15 is 0 Å². The number of carbonyl (C=O) groups excluding carboxylic acids is 3. The molecule has 3 amide bonds. The lowest BCUT2D eigenvalue weighted by molar-refractivity contribution is -0.147. The van der Waals surface area contributed by atoms with Gasteiger partial charge in [0.25, 0.3) is 0 Å². The van der Waals surface area contributed by atoms with Crippen molar-refractivity contribution in [3.05, 3.63) is 0 Å². The number of carbonyl (C=O) groups is 3. The molecule has 0 aromatic heterocycles. The Kier molecular flexibility index (Phi) is 4.85. The summed E-state index contributed by atoms with van der Waals surface area (Å²) in [5.41, 5.74) is 0. The van der Waals surface area contributed by atoms with Gasteiger partial charge in [-0.15, -0.1) is 0 Å². The van der Waals surface area contributed by atoms with Gasteiger partial charge in [0.05, 0.1) is 0 Å². The highest BCUT2D eigenvalue weighted by atomic mass is 16.2. The second-order valence-electron chi connectivity index (χ2n) is 6.63. The molecular formula is C15H25N3O3. The maximum absolute atomic E-state index is 12.7. The second-order valence-corrected chi connectivity index (χ2v) is 6.63. The second kappa shape index (κ2) is 6.45. The van der Waals surface area contributed by atoms with E-state index in [0.717, 1.165) is 0 Å². The monoisotopic (exact) mass is 295 g/mol. The van der Waals surface area contributed by atoms with Crippen LogP contribution in [-0.4, -0.2) is 47.8 Å². The highest BCUT2D eigenvalue weighted by molar-refractivity contribution is 5.93. The Bertz CT molecular complexity index is 436. The average Bonchev–Trinajstić information content (AvgIpc) is 2.38. The minimum atomic E-state index is -0.484. The van der Waals surface area contributed by atoms with Gasteiger partial charge in [-0.2, -0.15) is 0 Å². The summed E-state index contributed by atoms with van der Waals surface area (Å²) in [6.07, 6.45) is 1.77. The van der Waals surface area contributed by atoms with Crippen LogP contribution in [0.2, 0.25) is 0 Å². The molecule has 0 unspecified atom stereocenters. The van der Waals surface area contributed by atoms with E-state index in [4.69, 9.17) is 0 Å². The van der Waals surface area contributed by atoms with Crippen LogP contribution in [0.3, 0.4) is 0 Å². The first-order chi connectivity index (χ1) is 9.88. The number of piperidine rings is 1. The lowest BCUT2D eigenvalue weighted by Crippen LogP contribution is -2.62. The van der Waals surface area contributed by atoms with E-state index in [2.05, 4.69) is 10.6 Å². The Morgan fingerprint density at radius 1 is 1.38 bits per heavy atom. The molecule has 2 aliphatic heterocycles. The van der Waals surface area contributed by atoms with Crippen LogP contribution in [0.25, 0.3) is 0 Å². The molecular weight excluding hydrogens is 270 g/mol. The number of nitrogens with one attached hydrogen (secondary N) is 2. The number of piperazine rings is 1. The molecule has 6 nitrogen and oxygen atoms in total. The fraction of sp³-hybridized carbons (Fsp3) is 0.800. The molecule has 0 aromatic carbocycles. The lowest BCUT2D eigenvalue weighted by Gasteiger charge is -2.39. The van der Waals surface area contributed by atoms with Gasteiger partial charge in [-0.3, -0.25) is 14.4 Å². The molecule has 0 saturated carbocycles. The maximum Gasteiger partial charge on any atom is 0.245 e. The molecule has 0 aromatic rings. The van der Waals surface area contributed by atoms with Gasteiger partial charge in [0.2, 0.25) is 17.7 Å². The summed E-state index contributed by atoms with van der Waals surface area (Å²) in [6, 6.07) is -0.901. The Hall–Kier alpha value is -1.59. The SMILES string of the molecule is CC(C)C[C@@H]1C(=O)NCCN1C(=O)[C@@H]1C[C@H](C)CC(=O)N1. The fourth-order valence-electron chi connectivity index (χ4n) is 3.14. The number of hydrogen-bond donors (Lipinski definition) is 2. The summed E-state index contributed by atoms with van der Waals surface area (Å²) in [6.45, 7) is 7.05. The quantitative estimate of drug-likeness (QED) is 0.784. The fourth-order valence-corrected chi connectivity index (χ4v) is 3.14. The highest BCUT2D eigenvalue weighted by Gasteiger charge is 2.38. The molecule has 2 rings (SSSR count).